The van der Waals surface area contributed by atoms with Crippen molar-refractivity contribution in [3.8, 4) is 0 Å². The number of carbonyl (C=O) groups is 2. The van der Waals surface area contributed by atoms with Crippen molar-refractivity contribution in [3.05, 3.63) is 58.5 Å². The Labute approximate surface area is 162 Å². The average molecular weight is 378 g/mol. The first-order valence-corrected chi connectivity index (χ1v) is 9.36. The smallest absolute Gasteiger partial charge is 0.303 e. The summed E-state index contributed by atoms with van der Waals surface area (Å²) in [4.78, 5) is 30.4. The number of hydrogen-bond acceptors (Lipinski definition) is 4. The van der Waals surface area contributed by atoms with Crippen LogP contribution in [-0.2, 0) is 24.3 Å². The summed E-state index contributed by atoms with van der Waals surface area (Å²) in [5, 5.41) is 14.3. The quantitative estimate of drug-likeness (QED) is 0.754. The van der Waals surface area contributed by atoms with Crippen LogP contribution in [0.4, 0.5) is 0 Å². The van der Waals surface area contributed by atoms with E-state index in [0.29, 0.717) is 31.6 Å². The number of rotatable bonds is 4. The Hall–Kier alpha value is -3.22. The zero-order valence-corrected chi connectivity index (χ0v) is 16.0. The minimum absolute atomic E-state index is 0.0343. The highest BCUT2D eigenvalue weighted by atomic mass is 16.4. The first-order chi connectivity index (χ1) is 13.4. The number of amides is 1. The number of aliphatic carboxylic acids is 1. The fraction of sp³-hybridized carbons (Fsp3) is 0.333. The molecule has 1 aromatic carbocycles. The number of carboxylic acid groups (broad SMARTS) is 1. The van der Waals surface area contributed by atoms with Gasteiger partial charge in [-0.2, -0.15) is 5.10 Å². The first kappa shape index (κ1) is 18.2. The highest BCUT2D eigenvalue weighted by molar-refractivity contribution is 5.99. The number of carbonyl (C=O) groups excluding carboxylic acids is 1. The summed E-state index contributed by atoms with van der Waals surface area (Å²) in [6, 6.07) is 9.80. The molecule has 0 atom stereocenters. The molecule has 1 amide bonds. The van der Waals surface area contributed by atoms with Crippen LogP contribution in [0.25, 0.3) is 10.9 Å². The van der Waals surface area contributed by atoms with Crippen molar-refractivity contribution in [1.82, 2.24) is 19.7 Å². The molecule has 1 aliphatic heterocycles. The van der Waals surface area contributed by atoms with E-state index in [2.05, 4.69) is 10.1 Å². The molecule has 0 spiro atoms. The van der Waals surface area contributed by atoms with Crippen LogP contribution < -0.4 is 0 Å². The third kappa shape index (κ3) is 3.35. The van der Waals surface area contributed by atoms with Crippen LogP contribution in [-0.4, -0.2) is 43.2 Å². The molecule has 144 valence electrons. The van der Waals surface area contributed by atoms with Crippen molar-refractivity contribution in [3.63, 3.8) is 0 Å². The largest absolute Gasteiger partial charge is 0.481 e. The molecule has 1 aliphatic rings. The lowest BCUT2D eigenvalue weighted by Crippen LogP contribution is -2.38. The van der Waals surface area contributed by atoms with Crippen molar-refractivity contribution in [1.29, 1.82) is 0 Å². The molecule has 0 radical (unpaired) electrons. The van der Waals surface area contributed by atoms with Gasteiger partial charge in [-0.25, -0.2) is 0 Å². The summed E-state index contributed by atoms with van der Waals surface area (Å²) < 4.78 is 1.87. The summed E-state index contributed by atoms with van der Waals surface area (Å²) >= 11 is 0. The molecule has 0 aliphatic carbocycles. The van der Waals surface area contributed by atoms with Gasteiger partial charge in [0.2, 0.25) is 0 Å². The van der Waals surface area contributed by atoms with E-state index in [4.69, 9.17) is 5.11 Å². The van der Waals surface area contributed by atoms with E-state index < -0.39 is 5.97 Å². The van der Waals surface area contributed by atoms with Crippen LogP contribution in [0.1, 0.15) is 39.4 Å². The Morgan fingerprint density at radius 2 is 2.00 bits per heavy atom. The van der Waals surface area contributed by atoms with E-state index in [1.807, 2.05) is 53.8 Å². The third-order valence-electron chi connectivity index (χ3n) is 5.20. The second-order valence-electron chi connectivity index (χ2n) is 7.24. The van der Waals surface area contributed by atoms with Gasteiger partial charge in [0.15, 0.2) is 0 Å². The van der Waals surface area contributed by atoms with E-state index in [9.17, 15) is 9.59 Å². The van der Waals surface area contributed by atoms with Gasteiger partial charge in [0.25, 0.3) is 5.91 Å². The molecule has 0 unspecified atom stereocenters. The van der Waals surface area contributed by atoms with Gasteiger partial charge >= 0.3 is 5.97 Å². The molecular weight excluding hydrogens is 356 g/mol. The molecule has 0 fully saturated rings. The molecule has 0 saturated carbocycles. The Balaban J connectivity index is 1.57. The summed E-state index contributed by atoms with van der Waals surface area (Å²) in [5.41, 5.74) is 5.06. The van der Waals surface area contributed by atoms with Crippen LogP contribution >= 0.6 is 0 Å². The number of nitrogens with zero attached hydrogens (tertiary/aromatic N) is 4. The maximum absolute atomic E-state index is 13.2. The number of pyridine rings is 1. The molecule has 7 nitrogen and oxygen atoms in total. The van der Waals surface area contributed by atoms with Gasteiger partial charge in [-0.1, -0.05) is 18.2 Å². The van der Waals surface area contributed by atoms with Gasteiger partial charge in [0.05, 0.1) is 47.7 Å². The summed E-state index contributed by atoms with van der Waals surface area (Å²) in [7, 11) is 0. The molecule has 3 aromatic rings. The average Bonchev–Trinajstić information content (AvgIpc) is 3.08. The third-order valence-corrected chi connectivity index (χ3v) is 5.20. The second-order valence-corrected chi connectivity index (χ2v) is 7.24. The van der Waals surface area contributed by atoms with E-state index in [1.54, 1.807) is 0 Å². The Morgan fingerprint density at radius 1 is 1.18 bits per heavy atom. The number of benzene rings is 1. The minimum Gasteiger partial charge on any atom is -0.481 e. The van der Waals surface area contributed by atoms with Gasteiger partial charge in [0.1, 0.15) is 0 Å². The van der Waals surface area contributed by atoms with E-state index in [1.165, 1.54) is 0 Å². The van der Waals surface area contributed by atoms with Gasteiger partial charge in [0, 0.05) is 18.4 Å². The van der Waals surface area contributed by atoms with Gasteiger partial charge in [-0.05, 0) is 31.5 Å². The lowest BCUT2D eigenvalue weighted by molar-refractivity contribution is -0.136. The summed E-state index contributed by atoms with van der Waals surface area (Å²) in [6.07, 6.45) is 0.455. The molecule has 2 aromatic heterocycles. The Bertz CT molecular complexity index is 1090. The molecule has 0 saturated heterocycles. The van der Waals surface area contributed by atoms with Crippen molar-refractivity contribution in [2.75, 3.05) is 6.54 Å². The van der Waals surface area contributed by atoms with Crippen LogP contribution in [0, 0.1) is 13.8 Å². The Morgan fingerprint density at radius 3 is 2.79 bits per heavy atom. The molecule has 4 rings (SSSR count). The van der Waals surface area contributed by atoms with Crippen LogP contribution in [0.5, 0.6) is 0 Å². The van der Waals surface area contributed by atoms with Crippen molar-refractivity contribution >= 4 is 22.8 Å². The van der Waals surface area contributed by atoms with Crippen LogP contribution in [0.3, 0.4) is 0 Å². The normalized spacial score (nSPS) is 13.6. The van der Waals surface area contributed by atoms with Gasteiger partial charge in [-0.3, -0.25) is 19.3 Å². The monoisotopic (exact) mass is 378 g/mol. The number of hydrogen-bond donors (Lipinski definition) is 1. The first-order valence-electron chi connectivity index (χ1n) is 9.36. The summed E-state index contributed by atoms with van der Waals surface area (Å²) in [5.74, 6) is -0.870. The molecule has 28 heavy (non-hydrogen) atoms. The SMILES string of the molecule is Cc1nc2c(C)cccc2cc1C(=O)N1CCn2nc(CCC(=O)O)cc2C1. The second kappa shape index (κ2) is 7.07. The predicted octanol–water partition coefficient (Wildman–Crippen LogP) is 2.72. The summed E-state index contributed by atoms with van der Waals surface area (Å²) in [6.45, 7) is 5.52. The molecule has 1 N–H and O–H groups in total. The zero-order valence-electron chi connectivity index (χ0n) is 16.0. The minimum atomic E-state index is -0.836. The van der Waals surface area contributed by atoms with Crippen molar-refractivity contribution in [2.45, 2.75) is 39.8 Å². The molecular formula is C21H22N4O3. The molecule has 3 heterocycles. The van der Waals surface area contributed by atoms with Crippen molar-refractivity contribution < 1.29 is 14.7 Å². The highest BCUT2D eigenvalue weighted by Crippen LogP contribution is 2.23. The lowest BCUT2D eigenvalue weighted by atomic mass is 10.1. The fourth-order valence-corrected chi connectivity index (χ4v) is 3.68. The zero-order chi connectivity index (χ0) is 19.8. The number of aromatic nitrogens is 3. The van der Waals surface area contributed by atoms with Crippen LogP contribution in [0.2, 0.25) is 0 Å². The number of aryl methyl sites for hydroxylation is 3. The number of para-hydroxylation sites is 1. The Kier molecular flexibility index (Phi) is 4.58. The number of carboxylic acids is 1. The maximum Gasteiger partial charge on any atom is 0.303 e. The molecule has 0 bridgehead atoms. The van der Waals surface area contributed by atoms with E-state index in [0.717, 1.165) is 33.5 Å². The maximum atomic E-state index is 13.2. The number of fused-ring (bicyclic) bond motifs is 2. The standard InChI is InChI=1S/C21H22N4O3/c1-13-4-3-5-15-10-18(14(2)22-20(13)15)21(28)24-8-9-25-17(12-24)11-16(23-25)6-7-19(26)27/h3-5,10-11H,6-9,12H2,1-2H3,(H,26,27). The van der Waals surface area contributed by atoms with E-state index >= 15 is 0 Å². The predicted molar refractivity (Wildman–Crippen MR) is 104 cm³/mol. The lowest BCUT2D eigenvalue weighted by Gasteiger charge is -2.28. The highest BCUT2D eigenvalue weighted by Gasteiger charge is 2.25. The fourth-order valence-electron chi connectivity index (χ4n) is 3.68. The topological polar surface area (TPSA) is 88.3 Å². The molecule has 7 heteroatoms. The van der Waals surface area contributed by atoms with Crippen molar-refractivity contribution in [2.24, 2.45) is 0 Å². The van der Waals surface area contributed by atoms with Gasteiger partial charge in [-0.15, -0.1) is 0 Å². The van der Waals surface area contributed by atoms with E-state index in [-0.39, 0.29) is 12.3 Å². The van der Waals surface area contributed by atoms with Gasteiger partial charge < -0.3 is 10.0 Å². The van der Waals surface area contributed by atoms with Crippen LogP contribution in [0.15, 0.2) is 30.3 Å².